The van der Waals surface area contributed by atoms with Gasteiger partial charge in [0.1, 0.15) is 23.3 Å². The number of rotatable bonds is 7. The molecule has 5 rings (SSSR count). The average molecular weight is 605 g/mol. The van der Waals surface area contributed by atoms with Crippen molar-refractivity contribution in [2.75, 3.05) is 20.3 Å². The molecule has 232 valence electrons. The molecule has 0 radical (unpaired) electrons. The number of halogens is 2. The Bertz CT molecular complexity index is 1570. The third kappa shape index (κ3) is 5.70. The van der Waals surface area contributed by atoms with E-state index < -0.39 is 64.1 Å². The number of carbonyl (C=O) groups excluding carboxylic acids is 3. The minimum atomic E-state index is -1.27. The summed E-state index contributed by atoms with van der Waals surface area (Å²) in [5.74, 6) is -3.85. The summed E-state index contributed by atoms with van der Waals surface area (Å²) in [4.78, 5) is 61.4. The van der Waals surface area contributed by atoms with Gasteiger partial charge in [-0.1, -0.05) is 11.2 Å². The molecule has 1 spiro atoms. The summed E-state index contributed by atoms with van der Waals surface area (Å²) in [7, 11) is 1.41. The lowest BCUT2D eigenvalue weighted by molar-refractivity contribution is -0.0655. The second-order valence-electron chi connectivity index (χ2n) is 11.1. The molecule has 2 aromatic rings. The van der Waals surface area contributed by atoms with Crippen molar-refractivity contribution in [1.82, 2.24) is 14.8 Å². The molecule has 4 atom stereocenters. The summed E-state index contributed by atoms with van der Waals surface area (Å²) in [6.45, 7) is 5.10. The van der Waals surface area contributed by atoms with E-state index in [4.69, 9.17) is 19.0 Å². The summed E-state index contributed by atoms with van der Waals surface area (Å²) in [5.41, 5.74) is -1.92. The zero-order chi connectivity index (χ0) is 31.1. The van der Waals surface area contributed by atoms with E-state index in [1.807, 2.05) is 13.8 Å². The van der Waals surface area contributed by atoms with Crippen molar-refractivity contribution in [2.24, 2.45) is 5.16 Å². The number of aromatic nitrogens is 1. The van der Waals surface area contributed by atoms with E-state index in [0.29, 0.717) is 25.3 Å². The first-order valence-electron chi connectivity index (χ1n) is 13.9. The molecule has 43 heavy (non-hydrogen) atoms. The van der Waals surface area contributed by atoms with Crippen molar-refractivity contribution >= 4 is 23.7 Å². The van der Waals surface area contributed by atoms with Crippen LogP contribution < -0.4 is 15.5 Å². The van der Waals surface area contributed by atoms with Crippen molar-refractivity contribution in [2.45, 2.75) is 70.4 Å². The zero-order valence-corrected chi connectivity index (χ0v) is 24.1. The molecule has 1 aromatic carbocycles. The Morgan fingerprint density at radius 3 is 2.74 bits per heavy atom. The van der Waals surface area contributed by atoms with Gasteiger partial charge in [-0.2, -0.15) is 0 Å². The standard InChI is InChI=1S/C29H32F2N4O8.H2/c1-15-10-29(43-33-15)8-7-16(2)34-13-22(29)35-12-20(26(37)32-11-18-5-6-19(30)9-21(18)31)24(36)25(23(35)27(34)38)42-28(39)41-17(3)14-40-4;/h5-6,9,12,16-17,22H,7-8,10-11,13-14H2,1-4H3,(H,32,37);1H/t16-,17+,22+,29-;/m0./s1. The number of hydrogen-bond donors (Lipinski definition) is 1. The highest BCUT2D eigenvalue weighted by Crippen LogP contribution is 2.46. The smallest absolute Gasteiger partial charge is 0.429 e. The van der Waals surface area contributed by atoms with Crippen molar-refractivity contribution in [3.05, 3.63) is 63.1 Å². The van der Waals surface area contributed by atoms with Crippen LogP contribution in [0.25, 0.3) is 0 Å². The van der Waals surface area contributed by atoms with Gasteiger partial charge >= 0.3 is 6.16 Å². The lowest BCUT2D eigenvalue weighted by Gasteiger charge is -2.42. The highest BCUT2D eigenvalue weighted by molar-refractivity contribution is 6.00. The van der Waals surface area contributed by atoms with Gasteiger partial charge in [-0.25, -0.2) is 13.6 Å². The van der Waals surface area contributed by atoms with E-state index in [1.54, 1.807) is 11.8 Å². The Morgan fingerprint density at radius 2 is 2.07 bits per heavy atom. The van der Waals surface area contributed by atoms with Crippen LogP contribution in [-0.4, -0.2) is 71.2 Å². The highest BCUT2D eigenvalue weighted by Gasteiger charge is 2.54. The third-order valence-electron chi connectivity index (χ3n) is 8.01. The number of ether oxygens (including phenoxy) is 3. The van der Waals surface area contributed by atoms with E-state index >= 15 is 0 Å². The molecular weight excluding hydrogens is 570 g/mol. The number of benzene rings is 1. The monoisotopic (exact) mass is 604 g/mol. The quantitative estimate of drug-likeness (QED) is 0.474. The van der Waals surface area contributed by atoms with Gasteiger partial charge in [-0.15, -0.1) is 0 Å². The molecule has 2 amide bonds. The molecular formula is C29H34F2N4O8. The number of methoxy groups -OCH3 is 1. The summed E-state index contributed by atoms with van der Waals surface area (Å²) >= 11 is 0. The first-order valence-corrected chi connectivity index (χ1v) is 13.9. The van der Waals surface area contributed by atoms with Crippen LogP contribution in [-0.2, 0) is 20.9 Å². The molecule has 0 saturated carbocycles. The number of hydrogen-bond acceptors (Lipinski definition) is 9. The van der Waals surface area contributed by atoms with E-state index in [-0.39, 0.29) is 38.4 Å². The van der Waals surface area contributed by atoms with E-state index in [2.05, 4.69) is 10.5 Å². The van der Waals surface area contributed by atoms with Gasteiger partial charge in [0.05, 0.1) is 18.4 Å². The lowest BCUT2D eigenvalue weighted by Crippen LogP contribution is -2.52. The number of nitrogens with one attached hydrogen (secondary N) is 1. The molecule has 2 bridgehead atoms. The summed E-state index contributed by atoms with van der Waals surface area (Å²) in [6.07, 6.45) is 0.751. The largest absolute Gasteiger partial charge is 0.514 e. The lowest BCUT2D eigenvalue weighted by atomic mass is 9.84. The van der Waals surface area contributed by atoms with Crippen LogP contribution in [0.2, 0.25) is 0 Å². The van der Waals surface area contributed by atoms with Crippen LogP contribution >= 0.6 is 0 Å². The first-order chi connectivity index (χ1) is 20.4. The topological polar surface area (TPSA) is 138 Å². The second-order valence-corrected chi connectivity index (χ2v) is 11.1. The zero-order valence-electron chi connectivity index (χ0n) is 24.1. The molecule has 0 unspecified atom stereocenters. The van der Waals surface area contributed by atoms with Crippen LogP contribution in [0.5, 0.6) is 5.75 Å². The molecule has 3 aliphatic heterocycles. The average Bonchev–Trinajstić information content (AvgIpc) is 3.28. The number of fused-ring (bicyclic) bond motifs is 5. The first kappa shape index (κ1) is 30.1. The maximum Gasteiger partial charge on any atom is 0.514 e. The number of oxime groups is 1. The van der Waals surface area contributed by atoms with Crippen molar-refractivity contribution in [1.29, 1.82) is 0 Å². The third-order valence-corrected chi connectivity index (χ3v) is 8.01. The van der Waals surface area contributed by atoms with Crippen molar-refractivity contribution in [3.63, 3.8) is 0 Å². The van der Waals surface area contributed by atoms with Crippen LogP contribution in [0.15, 0.2) is 34.3 Å². The van der Waals surface area contributed by atoms with Crippen LogP contribution in [0.1, 0.15) is 73.9 Å². The molecule has 1 N–H and O–H groups in total. The molecule has 3 aliphatic rings. The predicted molar refractivity (Wildman–Crippen MR) is 149 cm³/mol. The van der Waals surface area contributed by atoms with Gasteiger partial charge in [0, 0.05) is 51.9 Å². The van der Waals surface area contributed by atoms with Crippen molar-refractivity contribution < 1.29 is 43.6 Å². The number of carbonyl (C=O) groups is 3. The minimum Gasteiger partial charge on any atom is -0.429 e. The van der Waals surface area contributed by atoms with E-state index in [0.717, 1.165) is 11.8 Å². The van der Waals surface area contributed by atoms with Gasteiger partial charge in [0.25, 0.3) is 11.8 Å². The molecule has 4 heterocycles. The van der Waals surface area contributed by atoms with Gasteiger partial charge in [-0.3, -0.25) is 14.4 Å². The number of pyridine rings is 1. The summed E-state index contributed by atoms with van der Waals surface area (Å²) in [5, 5.41) is 6.63. The Hall–Kier alpha value is -4.33. The normalized spacial score (nSPS) is 23.2. The highest BCUT2D eigenvalue weighted by atomic mass is 19.1. The Balaban J connectivity index is 0.00000442. The fourth-order valence-corrected chi connectivity index (χ4v) is 5.84. The number of amides is 2. The molecule has 14 heteroatoms. The van der Waals surface area contributed by atoms with Crippen molar-refractivity contribution in [3.8, 4) is 5.75 Å². The minimum absolute atomic E-state index is 0. The molecule has 0 aliphatic carbocycles. The Morgan fingerprint density at radius 1 is 1.30 bits per heavy atom. The van der Waals surface area contributed by atoms with Gasteiger partial charge < -0.3 is 33.8 Å². The predicted octanol–water partition coefficient (Wildman–Crippen LogP) is 3.57. The fraction of sp³-hybridized carbons (Fsp3) is 0.483. The fourth-order valence-electron chi connectivity index (χ4n) is 5.84. The maximum absolute atomic E-state index is 14.2. The van der Waals surface area contributed by atoms with Crippen LogP contribution in [0.3, 0.4) is 0 Å². The summed E-state index contributed by atoms with van der Waals surface area (Å²) < 4.78 is 44.5. The maximum atomic E-state index is 14.2. The second kappa shape index (κ2) is 11.7. The molecule has 12 nitrogen and oxygen atoms in total. The molecule has 1 aromatic heterocycles. The Labute approximate surface area is 247 Å². The van der Waals surface area contributed by atoms with Crippen LogP contribution in [0, 0.1) is 11.6 Å². The molecule has 1 fully saturated rings. The molecule has 1 saturated heterocycles. The number of nitrogens with zero attached hydrogens (tertiary/aromatic N) is 3. The van der Waals surface area contributed by atoms with Gasteiger partial charge in [0.2, 0.25) is 11.2 Å². The van der Waals surface area contributed by atoms with Crippen LogP contribution in [0.4, 0.5) is 13.6 Å². The Kier molecular flexibility index (Phi) is 8.23. The van der Waals surface area contributed by atoms with Gasteiger partial charge in [0.15, 0.2) is 11.3 Å². The van der Waals surface area contributed by atoms with Gasteiger partial charge in [-0.05, 0) is 39.7 Å². The summed E-state index contributed by atoms with van der Waals surface area (Å²) in [6, 6.07) is 2.03. The van der Waals surface area contributed by atoms with E-state index in [1.165, 1.54) is 23.9 Å². The van der Waals surface area contributed by atoms with E-state index in [9.17, 15) is 28.0 Å². The SMILES string of the molecule is COC[C@@H](C)OC(=O)Oc1c2n(cc(C(=O)NCc3ccc(F)cc3F)c1=O)[C@@H]1CN(C2=O)[C@@H](C)CC[C@]12CC(C)=NO2.[HH].